The van der Waals surface area contributed by atoms with Gasteiger partial charge in [-0.3, -0.25) is 14.8 Å². The van der Waals surface area contributed by atoms with Gasteiger partial charge in [-0.2, -0.15) is 10.4 Å². The molecule has 0 aliphatic carbocycles. The first-order valence-corrected chi connectivity index (χ1v) is 4.30. The van der Waals surface area contributed by atoms with Crippen molar-refractivity contribution in [2.45, 2.75) is 0 Å². The largest absolute Gasteiger partial charge is 0.433 e. The molecule has 7 heteroatoms. The van der Waals surface area contributed by atoms with Gasteiger partial charge in [-0.25, -0.2) is 0 Å². The number of hydrogen-bond donors (Lipinski definition) is 0. The Bertz CT molecular complexity index is 590. The molecule has 0 N–H and O–H groups in total. The third-order valence-corrected chi connectivity index (χ3v) is 1.95. The third kappa shape index (κ3) is 1.52. The summed E-state index contributed by atoms with van der Waals surface area (Å²) in [6.45, 7) is 0. The number of furan rings is 1. The summed E-state index contributed by atoms with van der Waals surface area (Å²) in [4.78, 5) is 9.79. The van der Waals surface area contributed by atoms with Crippen LogP contribution in [0.2, 0.25) is 0 Å². The van der Waals surface area contributed by atoms with E-state index in [2.05, 4.69) is 5.10 Å². The molecule has 0 spiro atoms. The summed E-state index contributed by atoms with van der Waals surface area (Å²) in [7, 11) is 1.65. The molecule has 0 aromatic carbocycles. The molecule has 0 saturated heterocycles. The van der Waals surface area contributed by atoms with Gasteiger partial charge < -0.3 is 4.42 Å². The lowest BCUT2D eigenvalue weighted by atomic mass is 10.2. The van der Waals surface area contributed by atoms with Crippen LogP contribution in [0.5, 0.6) is 0 Å². The van der Waals surface area contributed by atoms with E-state index in [-0.39, 0.29) is 11.6 Å². The molecular weight excluding hydrogens is 212 g/mol. The molecule has 0 amide bonds. The fourth-order valence-electron chi connectivity index (χ4n) is 1.31. The van der Waals surface area contributed by atoms with Crippen molar-refractivity contribution in [1.29, 1.82) is 5.26 Å². The highest BCUT2D eigenvalue weighted by Crippen LogP contribution is 2.26. The van der Waals surface area contributed by atoms with Gasteiger partial charge in [0.2, 0.25) is 0 Å². The number of nitriles is 1. The van der Waals surface area contributed by atoms with E-state index in [4.69, 9.17) is 9.68 Å². The van der Waals surface area contributed by atoms with Crippen LogP contribution < -0.4 is 0 Å². The lowest BCUT2D eigenvalue weighted by Gasteiger charge is -1.89. The van der Waals surface area contributed by atoms with Crippen LogP contribution in [0.15, 0.2) is 22.7 Å². The quantitative estimate of drug-likeness (QED) is 0.561. The Kier molecular flexibility index (Phi) is 2.17. The Morgan fingerprint density at radius 2 is 2.38 bits per heavy atom. The first kappa shape index (κ1) is 9.92. The number of hydrogen-bond acceptors (Lipinski definition) is 5. The van der Waals surface area contributed by atoms with Crippen LogP contribution in [0.4, 0.5) is 5.88 Å². The van der Waals surface area contributed by atoms with Gasteiger partial charge in [0.05, 0.1) is 6.07 Å². The Balaban J connectivity index is 2.50. The molecule has 2 aromatic heterocycles. The smallest absolute Gasteiger partial charge is 0.399 e. The van der Waals surface area contributed by atoms with Gasteiger partial charge in [-0.1, -0.05) is 0 Å². The summed E-state index contributed by atoms with van der Waals surface area (Å²) < 4.78 is 6.41. The first-order valence-electron chi connectivity index (χ1n) is 4.30. The number of aryl methyl sites for hydroxylation is 1. The fraction of sp³-hybridized carbons (Fsp3) is 0.111. The SMILES string of the molecule is Cn1cc(C#N)c(-c2ccc([N+](=O)[O-])o2)n1. The molecule has 0 radical (unpaired) electrons. The van der Waals surface area contributed by atoms with Gasteiger partial charge in [0.15, 0.2) is 5.76 Å². The summed E-state index contributed by atoms with van der Waals surface area (Å²) in [6, 6.07) is 4.59. The van der Waals surface area contributed by atoms with Crippen molar-refractivity contribution in [3.05, 3.63) is 34.0 Å². The predicted molar refractivity (Wildman–Crippen MR) is 52.3 cm³/mol. The predicted octanol–water partition coefficient (Wildman–Crippen LogP) is 1.46. The highest BCUT2D eigenvalue weighted by Gasteiger charge is 2.18. The zero-order valence-corrected chi connectivity index (χ0v) is 8.25. The molecule has 0 aliphatic rings. The van der Waals surface area contributed by atoms with Crippen LogP contribution in [0.1, 0.15) is 5.56 Å². The Morgan fingerprint density at radius 3 is 2.94 bits per heavy atom. The molecule has 0 saturated carbocycles. The number of rotatable bonds is 2. The van der Waals surface area contributed by atoms with E-state index in [0.29, 0.717) is 11.3 Å². The second-order valence-corrected chi connectivity index (χ2v) is 3.07. The van der Waals surface area contributed by atoms with Gasteiger partial charge >= 0.3 is 5.88 Å². The lowest BCUT2D eigenvalue weighted by molar-refractivity contribution is -0.401. The fourth-order valence-corrected chi connectivity index (χ4v) is 1.31. The van der Waals surface area contributed by atoms with Crippen molar-refractivity contribution in [3.8, 4) is 17.5 Å². The molecule has 0 fully saturated rings. The summed E-state index contributed by atoms with van der Waals surface area (Å²) in [5, 5.41) is 23.3. The van der Waals surface area contributed by atoms with Crippen molar-refractivity contribution in [2.75, 3.05) is 0 Å². The van der Waals surface area contributed by atoms with Crippen LogP contribution >= 0.6 is 0 Å². The average molecular weight is 218 g/mol. The first-order chi connectivity index (χ1) is 7.61. The minimum atomic E-state index is -0.640. The molecule has 0 unspecified atom stereocenters. The van der Waals surface area contributed by atoms with Gasteiger partial charge in [-0.15, -0.1) is 0 Å². The standard InChI is InChI=1S/C9H6N4O3/c1-12-5-6(4-10)9(11-12)7-2-3-8(16-7)13(14)15/h2-3,5H,1H3. The minimum absolute atomic E-state index is 0.212. The van der Waals surface area contributed by atoms with Crippen molar-refractivity contribution < 1.29 is 9.34 Å². The lowest BCUT2D eigenvalue weighted by Crippen LogP contribution is -1.87. The number of aromatic nitrogens is 2. The zero-order chi connectivity index (χ0) is 11.7. The van der Waals surface area contributed by atoms with E-state index < -0.39 is 4.92 Å². The van der Waals surface area contributed by atoms with E-state index in [1.807, 2.05) is 6.07 Å². The molecule has 0 bridgehead atoms. The van der Waals surface area contributed by atoms with Gasteiger partial charge in [0.25, 0.3) is 0 Å². The van der Waals surface area contributed by atoms with Crippen LogP contribution in [0.25, 0.3) is 11.5 Å². The zero-order valence-electron chi connectivity index (χ0n) is 8.25. The molecular formula is C9H6N4O3. The molecule has 16 heavy (non-hydrogen) atoms. The Labute approximate surface area is 89.7 Å². The van der Waals surface area contributed by atoms with Crippen LogP contribution in [-0.4, -0.2) is 14.7 Å². The molecule has 0 atom stereocenters. The van der Waals surface area contributed by atoms with Crippen LogP contribution in [0.3, 0.4) is 0 Å². The highest BCUT2D eigenvalue weighted by atomic mass is 16.6. The van der Waals surface area contributed by atoms with Crippen molar-refractivity contribution in [1.82, 2.24) is 9.78 Å². The second-order valence-electron chi connectivity index (χ2n) is 3.07. The maximum atomic E-state index is 10.4. The number of nitrogens with zero attached hydrogens (tertiary/aromatic N) is 4. The van der Waals surface area contributed by atoms with Gasteiger partial charge in [0.1, 0.15) is 22.2 Å². The minimum Gasteiger partial charge on any atom is -0.399 e. The summed E-state index contributed by atoms with van der Waals surface area (Å²) in [5.41, 5.74) is 0.616. The third-order valence-electron chi connectivity index (χ3n) is 1.95. The summed E-state index contributed by atoms with van der Waals surface area (Å²) >= 11 is 0. The van der Waals surface area contributed by atoms with E-state index in [1.165, 1.54) is 23.0 Å². The summed E-state index contributed by atoms with van der Waals surface area (Å²) in [5.74, 6) is -0.159. The van der Waals surface area contributed by atoms with E-state index >= 15 is 0 Å². The Morgan fingerprint density at radius 1 is 1.62 bits per heavy atom. The maximum Gasteiger partial charge on any atom is 0.433 e. The molecule has 2 heterocycles. The van der Waals surface area contributed by atoms with Crippen molar-refractivity contribution in [2.24, 2.45) is 7.05 Å². The number of nitro groups is 1. The molecule has 2 aromatic rings. The Hall–Kier alpha value is -2.62. The van der Waals surface area contributed by atoms with Gasteiger partial charge in [0, 0.05) is 13.2 Å². The maximum absolute atomic E-state index is 10.4. The topological polar surface area (TPSA) is 97.9 Å². The molecule has 0 aliphatic heterocycles. The van der Waals surface area contributed by atoms with Crippen LogP contribution in [0, 0.1) is 21.4 Å². The molecule has 7 nitrogen and oxygen atoms in total. The second kappa shape index (κ2) is 3.51. The van der Waals surface area contributed by atoms with Gasteiger partial charge in [-0.05, 0) is 6.07 Å². The van der Waals surface area contributed by atoms with Crippen molar-refractivity contribution in [3.63, 3.8) is 0 Å². The van der Waals surface area contributed by atoms with E-state index in [0.717, 1.165) is 0 Å². The van der Waals surface area contributed by atoms with E-state index in [9.17, 15) is 10.1 Å². The molecule has 2 rings (SSSR count). The van der Waals surface area contributed by atoms with Crippen LogP contribution in [-0.2, 0) is 7.05 Å². The monoisotopic (exact) mass is 218 g/mol. The van der Waals surface area contributed by atoms with Crippen molar-refractivity contribution >= 4 is 5.88 Å². The molecule has 80 valence electrons. The average Bonchev–Trinajstić information content (AvgIpc) is 2.82. The highest BCUT2D eigenvalue weighted by molar-refractivity contribution is 5.61. The van der Waals surface area contributed by atoms with E-state index in [1.54, 1.807) is 7.05 Å². The summed E-state index contributed by atoms with van der Waals surface area (Å²) in [6.07, 6.45) is 1.52. The normalized spacial score (nSPS) is 10.0.